The highest BCUT2D eigenvalue weighted by molar-refractivity contribution is 5.93. The Morgan fingerprint density at radius 1 is 1.72 bits per heavy atom. The van der Waals surface area contributed by atoms with E-state index in [0.717, 1.165) is 0 Å². The molecule has 6 nitrogen and oxygen atoms in total. The summed E-state index contributed by atoms with van der Waals surface area (Å²) in [6, 6.07) is 3.51. The molecule has 0 radical (unpaired) electrons. The Labute approximate surface area is 106 Å². The second-order valence-electron chi connectivity index (χ2n) is 3.99. The second-order valence-corrected chi connectivity index (χ2v) is 3.99. The third-order valence-corrected chi connectivity index (χ3v) is 2.49. The molecule has 0 bridgehead atoms. The van der Waals surface area contributed by atoms with E-state index in [0.29, 0.717) is 24.2 Å². The lowest BCUT2D eigenvalue weighted by Crippen LogP contribution is -2.29. The van der Waals surface area contributed by atoms with Crippen LogP contribution in [0.25, 0.3) is 0 Å². The molecule has 0 saturated heterocycles. The lowest BCUT2D eigenvalue weighted by molar-refractivity contribution is 0.0587. The molecule has 0 aliphatic carbocycles. The molecule has 1 heterocycles. The second kappa shape index (κ2) is 6.79. The number of methoxy groups -OCH3 is 1. The number of nitriles is 1. The van der Waals surface area contributed by atoms with Gasteiger partial charge in [-0.05, 0) is 12.5 Å². The van der Waals surface area contributed by atoms with Crippen LogP contribution in [-0.2, 0) is 11.8 Å². The van der Waals surface area contributed by atoms with Crippen molar-refractivity contribution in [3.05, 3.63) is 23.5 Å². The molecule has 0 spiro atoms. The van der Waals surface area contributed by atoms with Gasteiger partial charge in [0, 0.05) is 26.9 Å². The average molecular weight is 251 g/mol. The molecule has 2 N–H and O–H groups in total. The summed E-state index contributed by atoms with van der Waals surface area (Å²) in [5.74, 6) is -0.261. The minimum absolute atomic E-state index is 0.249. The van der Waals surface area contributed by atoms with Crippen molar-refractivity contribution in [2.24, 2.45) is 7.05 Å². The third kappa shape index (κ3) is 3.87. The molecule has 1 aromatic rings. The van der Waals surface area contributed by atoms with Crippen LogP contribution in [0.5, 0.6) is 0 Å². The highest BCUT2D eigenvalue weighted by Gasteiger charge is 2.12. The van der Waals surface area contributed by atoms with Gasteiger partial charge in [-0.3, -0.25) is 4.79 Å². The topological polar surface area (TPSA) is 87.3 Å². The molecule has 0 aliphatic heterocycles. The molecule has 0 saturated carbocycles. The molecule has 0 aliphatic rings. The van der Waals surface area contributed by atoms with Crippen LogP contribution in [0.15, 0.2) is 12.3 Å². The van der Waals surface area contributed by atoms with E-state index in [-0.39, 0.29) is 12.5 Å². The number of hydrogen-bond acceptors (Lipinski definition) is 4. The number of ether oxygens (including phenoxy) is 1. The van der Waals surface area contributed by atoms with E-state index in [1.807, 2.05) is 6.07 Å². The highest BCUT2D eigenvalue weighted by Crippen LogP contribution is 2.05. The van der Waals surface area contributed by atoms with Crippen LogP contribution in [0.1, 0.15) is 22.5 Å². The van der Waals surface area contributed by atoms with Gasteiger partial charge in [-0.2, -0.15) is 5.26 Å². The summed E-state index contributed by atoms with van der Waals surface area (Å²) in [6.07, 6.45) is 1.43. The van der Waals surface area contributed by atoms with Crippen LogP contribution in [0.2, 0.25) is 0 Å². The summed E-state index contributed by atoms with van der Waals surface area (Å²) in [7, 11) is 3.21. The molecule has 1 unspecified atom stereocenters. The van der Waals surface area contributed by atoms with Gasteiger partial charge in [0.25, 0.3) is 5.91 Å². The van der Waals surface area contributed by atoms with E-state index in [1.165, 1.54) is 13.2 Å². The number of nitrogens with zero attached hydrogens (tertiary/aromatic N) is 2. The zero-order valence-electron chi connectivity index (χ0n) is 10.5. The predicted molar refractivity (Wildman–Crippen MR) is 65.0 cm³/mol. The van der Waals surface area contributed by atoms with Gasteiger partial charge in [0.2, 0.25) is 0 Å². The standard InChI is InChI=1S/C12H17N3O3/c1-15-7-9(6-13)5-11(15)12(17)14-4-3-10(16)8-18-2/h5,7,10,16H,3-4,8H2,1-2H3,(H,14,17). The van der Waals surface area contributed by atoms with Crippen molar-refractivity contribution < 1.29 is 14.6 Å². The number of aromatic nitrogens is 1. The van der Waals surface area contributed by atoms with E-state index < -0.39 is 6.10 Å². The van der Waals surface area contributed by atoms with Crippen molar-refractivity contribution in [2.45, 2.75) is 12.5 Å². The first kappa shape index (κ1) is 14.2. The van der Waals surface area contributed by atoms with Gasteiger partial charge in [0.05, 0.1) is 18.3 Å². The molecule has 0 fully saturated rings. The molecule has 18 heavy (non-hydrogen) atoms. The van der Waals surface area contributed by atoms with Crippen molar-refractivity contribution in [3.63, 3.8) is 0 Å². The summed E-state index contributed by atoms with van der Waals surface area (Å²) in [5.41, 5.74) is 0.870. The zero-order valence-corrected chi connectivity index (χ0v) is 10.5. The number of hydrogen-bond donors (Lipinski definition) is 2. The summed E-state index contributed by atoms with van der Waals surface area (Å²) < 4.78 is 6.38. The van der Waals surface area contributed by atoms with Crippen molar-refractivity contribution in [2.75, 3.05) is 20.3 Å². The first-order valence-electron chi connectivity index (χ1n) is 5.60. The predicted octanol–water partition coefficient (Wildman–Crippen LogP) is 0.0240. The van der Waals surface area contributed by atoms with Crippen LogP contribution in [0.3, 0.4) is 0 Å². The number of aliphatic hydroxyl groups is 1. The highest BCUT2D eigenvalue weighted by atomic mass is 16.5. The first-order valence-corrected chi connectivity index (χ1v) is 5.60. The molecular formula is C12H17N3O3. The summed E-state index contributed by atoms with van der Waals surface area (Å²) in [6.45, 7) is 0.606. The maximum atomic E-state index is 11.8. The van der Waals surface area contributed by atoms with Crippen LogP contribution < -0.4 is 5.32 Å². The Balaban J connectivity index is 2.46. The van der Waals surface area contributed by atoms with E-state index in [2.05, 4.69) is 5.32 Å². The van der Waals surface area contributed by atoms with Crippen molar-refractivity contribution in [3.8, 4) is 6.07 Å². The SMILES string of the molecule is COCC(O)CCNC(=O)c1cc(C#N)cn1C. The monoisotopic (exact) mass is 251 g/mol. The van der Waals surface area contributed by atoms with E-state index in [4.69, 9.17) is 10.00 Å². The fraction of sp³-hybridized carbons (Fsp3) is 0.500. The third-order valence-electron chi connectivity index (χ3n) is 2.49. The number of carbonyl (C=O) groups is 1. The van der Waals surface area contributed by atoms with Crippen molar-refractivity contribution in [1.82, 2.24) is 9.88 Å². The van der Waals surface area contributed by atoms with E-state index in [1.54, 1.807) is 17.8 Å². The Hall–Kier alpha value is -1.84. The summed E-state index contributed by atoms with van der Waals surface area (Å²) in [4.78, 5) is 11.8. The average Bonchev–Trinajstić information content (AvgIpc) is 2.71. The Morgan fingerprint density at radius 2 is 2.44 bits per heavy atom. The lowest BCUT2D eigenvalue weighted by atomic mass is 10.2. The first-order chi connectivity index (χ1) is 8.58. The zero-order chi connectivity index (χ0) is 13.5. The van der Waals surface area contributed by atoms with Gasteiger partial charge in [-0.25, -0.2) is 0 Å². The fourth-order valence-corrected chi connectivity index (χ4v) is 1.57. The quantitative estimate of drug-likeness (QED) is 0.746. The molecule has 1 amide bonds. The molecule has 1 aromatic heterocycles. The molecule has 0 aromatic carbocycles. The van der Waals surface area contributed by atoms with Crippen LogP contribution in [0.4, 0.5) is 0 Å². The number of aliphatic hydroxyl groups excluding tert-OH is 1. The normalized spacial score (nSPS) is 11.9. The van der Waals surface area contributed by atoms with E-state index >= 15 is 0 Å². The number of amides is 1. The Kier molecular flexibility index (Phi) is 5.36. The van der Waals surface area contributed by atoms with Crippen LogP contribution >= 0.6 is 0 Å². The summed E-state index contributed by atoms with van der Waals surface area (Å²) in [5, 5.41) is 20.8. The maximum Gasteiger partial charge on any atom is 0.267 e. The molecular weight excluding hydrogens is 234 g/mol. The molecule has 6 heteroatoms. The molecule has 1 atom stereocenters. The molecule has 1 rings (SSSR count). The number of carbonyl (C=O) groups excluding carboxylic acids is 1. The van der Waals surface area contributed by atoms with Crippen molar-refractivity contribution in [1.29, 1.82) is 5.26 Å². The van der Waals surface area contributed by atoms with Gasteiger partial charge in [-0.1, -0.05) is 0 Å². The minimum atomic E-state index is -0.585. The smallest absolute Gasteiger partial charge is 0.267 e. The van der Waals surface area contributed by atoms with E-state index in [9.17, 15) is 9.90 Å². The largest absolute Gasteiger partial charge is 0.391 e. The van der Waals surface area contributed by atoms with Gasteiger partial charge in [-0.15, -0.1) is 0 Å². The van der Waals surface area contributed by atoms with Crippen LogP contribution in [0, 0.1) is 11.3 Å². The van der Waals surface area contributed by atoms with Gasteiger partial charge >= 0.3 is 0 Å². The Morgan fingerprint density at radius 3 is 3.00 bits per heavy atom. The number of aryl methyl sites for hydroxylation is 1. The van der Waals surface area contributed by atoms with Gasteiger partial charge in [0.15, 0.2) is 0 Å². The number of rotatable bonds is 6. The van der Waals surface area contributed by atoms with Gasteiger partial charge < -0.3 is 19.7 Å². The maximum absolute atomic E-state index is 11.8. The Bertz CT molecular complexity index is 448. The minimum Gasteiger partial charge on any atom is -0.391 e. The number of nitrogens with one attached hydrogen (secondary N) is 1. The summed E-state index contributed by atoms with van der Waals surface area (Å²) >= 11 is 0. The molecule has 98 valence electrons. The van der Waals surface area contributed by atoms with Crippen LogP contribution in [-0.4, -0.2) is 41.9 Å². The van der Waals surface area contributed by atoms with Gasteiger partial charge in [0.1, 0.15) is 11.8 Å². The fourth-order valence-electron chi connectivity index (χ4n) is 1.57. The lowest BCUT2D eigenvalue weighted by Gasteiger charge is -2.10. The van der Waals surface area contributed by atoms with Crippen molar-refractivity contribution >= 4 is 5.91 Å².